The summed E-state index contributed by atoms with van der Waals surface area (Å²) in [7, 11) is 0. The van der Waals surface area contributed by atoms with Crippen molar-refractivity contribution < 1.29 is 4.79 Å². The van der Waals surface area contributed by atoms with Crippen LogP contribution in [0.2, 0.25) is 5.02 Å². The van der Waals surface area contributed by atoms with Crippen LogP contribution in [-0.2, 0) is 11.2 Å². The molecule has 0 unspecified atom stereocenters. The Kier molecular flexibility index (Phi) is 6.16. The number of hydrogen-bond donors (Lipinski definition) is 1. The number of nitrogens with zero attached hydrogens (tertiary/aromatic N) is 1. The van der Waals surface area contributed by atoms with E-state index in [1.807, 2.05) is 42.5 Å². The van der Waals surface area contributed by atoms with Gasteiger partial charge in [-0.1, -0.05) is 48.0 Å². The summed E-state index contributed by atoms with van der Waals surface area (Å²) in [4.78, 5) is 14.8. The van der Waals surface area contributed by atoms with Gasteiger partial charge in [-0.05, 0) is 72.4 Å². The standard InChI is InChI=1S/C25H25ClN2O/c26-22-12-9-19(10-13-22)11-14-25(29)27-23-7-3-5-20(17-23)21-6-4-8-24(18-21)28-15-1-2-16-28/h3-10,12-13,17-18H,1-2,11,14-16H2,(H,27,29). The number of anilines is 2. The molecule has 4 rings (SSSR count). The topological polar surface area (TPSA) is 32.3 Å². The summed E-state index contributed by atoms with van der Waals surface area (Å²) >= 11 is 5.91. The van der Waals surface area contributed by atoms with Crippen molar-refractivity contribution in [2.75, 3.05) is 23.3 Å². The van der Waals surface area contributed by atoms with Gasteiger partial charge in [0.25, 0.3) is 0 Å². The highest BCUT2D eigenvalue weighted by molar-refractivity contribution is 6.30. The second-order valence-electron chi connectivity index (χ2n) is 7.50. The van der Waals surface area contributed by atoms with Crippen molar-refractivity contribution >= 4 is 28.9 Å². The van der Waals surface area contributed by atoms with Crippen LogP contribution in [0.3, 0.4) is 0 Å². The first kappa shape index (κ1) is 19.5. The number of rotatable bonds is 6. The quantitative estimate of drug-likeness (QED) is 0.532. The van der Waals surface area contributed by atoms with Gasteiger partial charge in [-0.3, -0.25) is 4.79 Å². The molecule has 3 aromatic rings. The van der Waals surface area contributed by atoms with Gasteiger partial charge in [0.1, 0.15) is 0 Å². The maximum absolute atomic E-state index is 12.4. The summed E-state index contributed by atoms with van der Waals surface area (Å²) < 4.78 is 0. The van der Waals surface area contributed by atoms with Gasteiger partial charge in [-0.25, -0.2) is 0 Å². The molecular formula is C25H25ClN2O. The van der Waals surface area contributed by atoms with E-state index in [9.17, 15) is 4.79 Å². The maximum atomic E-state index is 12.4. The van der Waals surface area contributed by atoms with Crippen LogP contribution in [0.5, 0.6) is 0 Å². The van der Waals surface area contributed by atoms with Crippen LogP contribution in [0, 0.1) is 0 Å². The molecule has 3 nitrogen and oxygen atoms in total. The number of amides is 1. The molecule has 1 amide bonds. The summed E-state index contributed by atoms with van der Waals surface area (Å²) in [6.07, 6.45) is 3.67. The summed E-state index contributed by atoms with van der Waals surface area (Å²) in [5, 5.41) is 3.74. The highest BCUT2D eigenvalue weighted by atomic mass is 35.5. The first-order valence-electron chi connectivity index (χ1n) is 10.2. The zero-order valence-corrected chi connectivity index (χ0v) is 17.2. The molecule has 0 aliphatic carbocycles. The Balaban J connectivity index is 1.41. The molecule has 0 saturated carbocycles. The largest absolute Gasteiger partial charge is 0.372 e. The molecule has 1 aliphatic heterocycles. The highest BCUT2D eigenvalue weighted by Gasteiger charge is 2.13. The van der Waals surface area contributed by atoms with Gasteiger partial charge >= 0.3 is 0 Å². The van der Waals surface area contributed by atoms with Gasteiger partial charge in [0.2, 0.25) is 5.91 Å². The van der Waals surface area contributed by atoms with Crippen molar-refractivity contribution in [3.8, 4) is 11.1 Å². The summed E-state index contributed by atoms with van der Waals surface area (Å²) in [5.74, 6) is 0.0166. The molecule has 0 spiro atoms. The van der Waals surface area contributed by atoms with Crippen LogP contribution < -0.4 is 10.2 Å². The second kappa shape index (κ2) is 9.15. The molecule has 1 heterocycles. The Morgan fingerprint density at radius 1 is 0.897 bits per heavy atom. The van der Waals surface area contributed by atoms with E-state index in [2.05, 4.69) is 40.5 Å². The fraction of sp³-hybridized carbons (Fsp3) is 0.240. The first-order chi connectivity index (χ1) is 14.2. The van der Waals surface area contributed by atoms with Crippen molar-refractivity contribution in [2.24, 2.45) is 0 Å². The SMILES string of the molecule is O=C(CCc1ccc(Cl)cc1)Nc1cccc(-c2cccc(N3CCCC3)c2)c1. The molecule has 3 aromatic carbocycles. The second-order valence-corrected chi connectivity index (χ2v) is 7.94. The number of hydrogen-bond acceptors (Lipinski definition) is 2. The Labute approximate surface area is 177 Å². The minimum absolute atomic E-state index is 0.0166. The average molecular weight is 405 g/mol. The van der Waals surface area contributed by atoms with E-state index in [4.69, 9.17) is 11.6 Å². The van der Waals surface area contributed by atoms with Crippen molar-refractivity contribution in [1.29, 1.82) is 0 Å². The van der Waals surface area contributed by atoms with Crippen LogP contribution in [0.1, 0.15) is 24.8 Å². The third kappa shape index (κ3) is 5.18. The molecule has 1 saturated heterocycles. The van der Waals surface area contributed by atoms with Gasteiger partial charge in [-0.2, -0.15) is 0 Å². The van der Waals surface area contributed by atoms with Crippen LogP contribution in [0.15, 0.2) is 72.8 Å². The monoisotopic (exact) mass is 404 g/mol. The van der Waals surface area contributed by atoms with Gasteiger partial charge in [0, 0.05) is 35.9 Å². The Morgan fingerprint density at radius 2 is 1.59 bits per heavy atom. The molecule has 4 heteroatoms. The Hall–Kier alpha value is -2.78. The van der Waals surface area contributed by atoms with E-state index in [0.29, 0.717) is 17.9 Å². The molecule has 0 radical (unpaired) electrons. The van der Waals surface area contributed by atoms with Crippen molar-refractivity contribution in [3.05, 3.63) is 83.4 Å². The Bertz CT molecular complexity index is 978. The van der Waals surface area contributed by atoms with Gasteiger partial charge in [-0.15, -0.1) is 0 Å². The van der Waals surface area contributed by atoms with Gasteiger partial charge in [0.15, 0.2) is 0 Å². The zero-order valence-electron chi connectivity index (χ0n) is 16.4. The molecule has 29 heavy (non-hydrogen) atoms. The molecule has 0 bridgehead atoms. The number of halogens is 1. The zero-order chi connectivity index (χ0) is 20.1. The van der Waals surface area contributed by atoms with Crippen molar-refractivity contribution in [3.63, 3.8) is 0 Å². The molecular weight excluding hydrogens is 380 g/mol. The van der Waals surface area contributed by atoms with Crippen molar-refractivity contribution in [2.45, 2.75) is 25.7 Å². The maximum Gasteiger partial charge on any atom is 0.224 e. The predicted octanol–water partition coefficient (Wildman–Crippen LogP) is 6.18. The third-order valence-electron chi connectivity index (χ3n) is 5.35. The fourth-order valence-electron chi connectivity index (χ4n) is 3.77. The number of carbonyl (C=O) groups is 1. The average Bonchev–Trinajstić information content (AvgIpc) is 3.29. The molecule has 1 aliphatic rings. The lowest BCUT2D eigenvalue weighted by molar-refractivity contribution is -0.116. The van der Waals surface area contributed by atoms with Gasteiger partial charge < -0.3 is 10.2 Å². The lowest BCUT2D eigenvalue weighted by Gasteiger charge is -2.18. The molecule has 1 N–H and O–H groups in total. The van der Waals surface area contributed by atoms with E-state index in [1.165, 1.54) is 24.1 Å². The minimum atomic E-state index is 0.0166. The van der Waals surface area contributed by atoms with Crippen LogP contribution in [-0.4, -0.2) is 19.0 Å². The summed E-state index contributed by atoms with van der Waals surface area (Å²) in [6, 6.07) is 24.4. The van der Waals surface area contributed by atoms with E-state index in [-0.39, 0.29) is 5.91 Å². The van der Waals surface area contributed by atoms with Crippen LogP contribution >= 0.6 is 11.6 Å². The van der Waals surface area contributed by atoms with E-state index in [1.54, 1.807) is 0 Å². The van der Waals surface area contributed by atoms with Crippen LogP contribution in [0.4, 0.5) is 11.4 Å². The molecule has 1 fully saturated rings. The highest BCUT2D eigenvalue weighted by Crippen LogP contribution is 2.28. The minimum Gasteiger partial charge on any atom is -0.372 e. The number of aryl methyl sites for hydroxylation is 1. The van der Waals surface area contributed by atoms with E-state index in [0.717, 1.165) is 29.9 Å². The predicted molar refractivity (Wildman–Crippen MR) is 122 cm³/mol. The Morgan fingerprint density at radius 3 is 2.34 bits per heavy atom. The summed E-state index contributed by atoms with van der Waals surface area (Å²) in [6.45, 7) is 2.26. The number of benzene rings is 3. The fourth-order valence-corrected chi connectivity index (χ4v) is 3.89. The molecule has 148 valence electrons. The summed E-state index contributed by atoms with van der Waals surface area (Å²) in [5.41, 5.74) is 5.50. The molecule has 0 atom stereocenters. The normalized spacial score (nSPS) is 13.5. The van der Waals surface area contributed by atoms with E-state index >= 15 is 0 Å². The van der Waals surface area contributed by atoms with Crippen LogP contribution in [0.25, 0.3) is 11.1 Å². The molecule has 0 aromatic heterocycles. The van der Waals surface area contributed by atoms with E-state index < -0.39 is 0 Å². The number of nitrogens with one attached hydrogen (secondary N) is 1. The van der Waals surface area contributed by atoms with Crippen molar-refractivity contribution in [1.82, 2.24) is 0 Å². The first-order valence-corrected chi connectivity index (χ1v) is 10.5. The lowest BCUT2D eigenvalue weighted by atomic mass is 10.0. The van der Waals surface area contributed by atoms with Gasteiger partial charge in [0.05, 0.1) is 0 Å². The smallest absolute Gasteiger partial charge is 0.224 e. The third-order valence-corrected chi connectivity index (χ3v) is 5.60. The lowest BCUT2D eigenvalue weighted by Crippen LogP contribution is -2.17. The number of carbonyl (C=O) groups excluding carboxylic acids is 1.